The number of rotatable bonds is 2. The molecule has 0 aromatic carbocycles. The average molecular weight is 324 g/mol. The van der Waals surface area contributed by atoms with Crippen LogP contribution in [0.1, 0.15) is 6.42 Å². The zero-order valence-electron chi connectivity index (χ0n) is 12.0. The van der Waals surface area contributed by atoms with Crippen molar-refractivity contribution in [1.29, 1.82) is 0 Å². The lowest BCUT2D eigenvalue weighted by molar-refractivity contribution is -0.935. The van der Waals surface area contributed by atoms with E-state index in [-0.39, 0.29) is 0 Å². The average Bonchev–Trinajstić information content (AvgIpc) is 2.49. The maximum atomic E-state index is 12.7. The van der Waals surface area contributed by atoms with Crippen LogP contribution in [0.4, 0.5) is 0 Å². The molecular weight excluding hydrogens is 299 g/mol. The van der Waals surface area contributed by atoms with Gasteiger partial charge in [0.15, 0.2) is 0 Å². The Morgan fingerprint density at radius 3 is 2.35 bits per heavy atom. The van der Waals surface area contributed by atoms with Crippen molar-refractivity contribution in [2.75, 3.05) is 71.5 Å². The first-order valence-corrected chi connectivity index (χ1v) is 9.66. The highest BCUT2D eigenvalue weighted by molar-refractivity contribution is 7.54. The van der Waals surface area contributed by atoms with E-state index in [0.717, 1.165) is 56.7 Å². The van der Waals surface area contributed by atoms with Crippen molar-refractivity contribution in [2.45, 2.75) is 6.42 Å². The standard InChI is InChI=1S/C12H25ClN4O2P/c13-12-15-3-7-17(8-4-15)9-5-16(6-10-17)20(18)14-2-1-11-19-20/h1-12H2,(H,14,18)/q+1. The molecule has 1 spiro atoms. The SMILES string of the molecule is O=P1(N2CC[N+]3(CCN(CCl)CC3)CC2)NCCCO1. The maximum Gasteiger partial charge on any atom is 0.343 e. The van der Waals surface area contributed by atoms with E-state index < -0.39 is 7.67 Å². The quantitative estimate of drug-likeness (QED) is 0.352. The van der Waals surface area contributed by atoms with Gasteiger partial charge in [0.2, 0.25) is 0 Å². The lowest BCUT2D eigenvalue weighted by atomic mass is 10.2. The van der Waals surface area contributed by atoms with Gasteiger partial charge in [0.1, 0.15) is 0 Å². The van der Waals surface area contributed by atoms with Gasteiger partial charge < -0.3 is 9.01 Å². The van der Waals surface area contributed by atoms with Crippen LogP contribution < -0.4 is 5.09 Å². The third-order valence-electron chi connectivity index (χ3n) is 4.89. The molecular formula is C12H25ClN4O2P+. The van der Waals surface area contributed by atoms with E-state index in [1.807, 2.05) is 4.67 Å². The summed E-state index contributed by atoms with van der Waals surface area (Å²) in [5.41, 5.74) is 0. The molecule has 8 heteroatoms. The van der Waals surface area contributed by atoms with Crippen molar-refractivity contribution in [1.82, 2.24) is 14.7 Å². The second kappa shape index (κ2) is 6.21. The van der Waals surface area contributed by atoms with Crippen LogP contribution in [0.5, 0.6) is 0 Å². The molecule has 3 aliphatic heterocycles. The molecule has 116 valence electrons. The normalized spacial score (nSPS) is 36.2. The Balaban J connectivity index is 1.55. The molecule has 3 aliphatic rings. The Bertz CT molecular complexity index is 370. The Labute approximate surface area is 126 Å². The minimum Gasteiger partial charge on any atom is -0.319 e. The topological polar surface area (TPSA) is 44.8 Å². The molecule has 0 radical (unpaired) electrons. The van der Waals surface area contributed by atoms with Crippen molar-refractivity contribution >= 4 is 19.3 Å². The lowest BCUT2D eigenvalue weighted by Gasteiger charge is -2.49. The molecule has 1 N–H and O–H groups in total. The first-order chi connectivity index (χ1) is 9.66. The van der Waals surface area contributed by atoms with Crippen LogP contribution in [0.25, 0.3) is 0 Å². The van der Waals surface area contributed by atoms with Crippen LogP contribution in [-0.2, 0) is 9.09 Å². The van der Waals surface area contributed by atoms with E-state index in [9.17, 15) is 4.57 Å². The molecule has 20 heavy (non-hydrogen) atoms. The molecule has 3 rings (SSSR count). The van der Waals surface area contributed by atoms with Gasteiger partial charge in [0.05, 0.1) is 51.9 Å². The van der Waals surface area contributed by atoms with E-state index >= 15 is 0 Å². The molecule has 0 aromatic heterocycles. The summed E-state index contributed by atoms with van der Waals surface area (Å²) in [4.78, 5) is 2.30. The summed E-state index contributed by atoms with van der Waals surface area (Å²) < 4.78 is 21.5. The third-order valence-corrected chi connectivity index (χ3v) is 7.53. The fourth-order valence-electron chi connectivity index (χ4n) is 3.35. The highest BCUT2D eigenvalue weighted by atomic mass is 35.5. The predicted molar refractivity (Wildman–Crippen MR) is 79.8 cm³/mol. The maximum absolute atomic E-state index is 12.7. The molecule has 0 amide bonds. The van der Waals surface area contributed by atoms with Crippen molar-refractivity contribution in [3.63, 3.8) is 0 Å². The molecule has 1 unspecified atom stereocenters. The summed E-state index contributed by atoms with van der Waals surface area (Å²) in [5, 5.41) is 3.10. The van der Waals surface area contributed by atoms with Crippen molar-refractivity contribution < 1.29 is 13.6 Å². The predicted octanol–water partition coefficient (Wildman–Crippen LogP) is 0.749. The smallest absolute Gasteiger partial charge is 0.319 e. The first kappa shape index (κ1) is 15.2. The van der Waals surface area contributed by atoms with Crippen LogP contribution in [0.15, 0.2) is 0 Å². The second-order valence-corrected chi connectivity index (χ2v) is 8.46. The molecule has 3 fully saturated rings. The van der Waals surface area contributed by atoms with E-state index in [1.54, 1.807) is 0 Å². The summed E-state index contributed by atoms with van der Waals surface area (Å²) in [6.45, 7) is 9.79. The fraction of sp³-hybridized carbons (Fsp3) is 1.00. The monoisotopic (exact) mass is 323 g/mol. The van der Waals surface area contributed by atoms with E-state index in [4.69, 9.17) is 16.1 Å². The largest absolute Gasteiger partial charge is 0.343 e. The van der Waals surface area contributed by atoms with E-state index in [0.29, 0.717) is 12.6 Å². The van der Waals surface area contributed by atoms with Crippen molar-refractivity contribution in [3.8, 4) is 0 Å². The van der Waals surface area contributed by atoms with Crippen LogP contribution in [-0.4, -0.2) is 85.6 Å². The molecule has 3 heterocycles. The van der Waals surface area contributed by atoms with E-state index in [1.165, 1.54) is 13.1 Å². The second-order valence-electron chi connectivity index (χ2n) is 6.04. The van der Waals surface area contributed by atoms with Gasteiger partial charge in [0.25, 0.3) is 0 Å². The van der Waals surface area contributed by atoms with Crippen LogP contribution in [0, 0.1) is 0 Å². The van der Waals surface area contributed by atoms with Crippen LogP contribution in [0.3, 0.4) is 0 Å². The van der Waals surface area contributed by atoms with Gasteiger partial charge in [-0.05, 0) is 6.42 Å². The number of nitrogens with zero attached hydrogens (tertiary/aromatic N) is 3. The van der Waals surface area contributed by atoms with E-state index in [2.05, 4.69) is 9.99 Å². The molecule has 0 saturated carbocycles. The third kappa shape index (κ3) is 3.07. The van der Waals surface area contributed by atoms with Gasteiger partial charge in [0, 0.05) is 19.6 Å². The summed E-state index contributed by atoms with van der Waals surface area (Å²) >= 11 is 5.90. The zero-order chi connectivity index (χ0) is 14.1. The fourth-order valence-corrected chi connectivity index (χ4v) is 5.56. The lowest BCUT2D eigenvalue weighted by Crippen LogP contribution is -2.65. The summed E-state index contributed by atoms with van der Waals surface area (Å²) in [7, 11) is -2.73. The number of piperazine rings is 2. The highest BCUT2D eigenvalue weighted by Gasteiger charge is 2.42. The van der Waals surface area contributed by atoms with Crippen LogP contribution >= 0.6 is 19.3 Å². The molecule has 0 aromatic rings. The van der Waals surface area contributed by atoms with Gasteiger partial charge in [-0.1, -0.05) is 0 Å². The number of quaternary nitrogens is 1. The Kier molecular flexibility index (Phi) is 4.73. The Morgan fingerprint density at radius 2 is 1.80 bits per heavy atom. The summed E-state index contributed by atoms with van der Waals surface area (Å²) in [6.07, 6.45) is 0.950. The highest BCUT2D eigenvalue weighted by Crippen LogP contribution is 2.49. The van der Waals surface area contributed by atoms with Crippen molar-refractivity contribution in [2.24, 2.45) is 0 Å². The first-order valence-electron chi connectivity index (χ1n) is 7.54. The van der Waals surface area contributed by atoms with Gasteiger partial charge in [-0.15, -0.1) is 11.6 Å². The van der Waals surface area contributed by atoms with Gasteiger partial charge in [-0.25, -0.2) is 9.76 Å². The molecule has 0 bridgehead atoms. The molecule has 0 aliphatic carbocycles. The minimum atomic E-state index is -2.73. The molecule has 3 saturated heterocycles. The van der Waals surface area contributed by atoms with Crippen molar-refractivity contribution in [3.05, 3.63) is 0 Å². The number of nitrogens with one attached hydrogen (secondary N) is 1. The van der Waals surface area contributed by atoms with Gasteiger partial charge in [-0.3, -0.25) is 9.46 Å². The van der Waals surface area contributed by atoms with Crippen LogP contribution in [0.2, 0.25) is 0 Å². The summed E-state index contributed by atoms with van der Waals surface area (Å²) in [5.74, 6) is 0. The number of halogens is 1. The summed E-state index contributed by atoms with van der Waals surface area (Å²) in [6, 6.07) is 0.638. The number of alkyl halides is 1. The van der Waals surface area contributed by atoms with Gasteiger partial charge in [-0.2, -0.15) is 0 Å². The number of hydrogen-bond acceptors (Lipinski definition) is 3. The molecule has 6 nitrogen and oxygen atoms in total. The molecule has 1 atom stereocenters. The Hall–Kier alpha value is 0.320. The number of hydrogen-bond donors (Lipinski definition) is 1. The zero-order valence-corrected chi connectivity index (χ0v) is 13.6. The Morgan fingerprint density at radius 1 is 1.15 bits per heavy atom. The minimum absolute atomic E-state index is 0.617. The van der Waals surface area contributed by atoms with Gasteiger partial charge >= 0.3 is 7.67 Å².